The number of ether oxygens (including phenoxy) is 1. The second-order valence-corrected chi connectivity index (χ2v) is 7.12. The van der Waals surface area contributed by atoms with Crippen molar-refractivity contribution in [3.63, 3.8) is 0 Å². The standard InChI is InChI=1S/C21H22ClN3O3/c1-2-27-21(26)20-15(9-12-28-20)13-25-19(14-3-5-16(22)6-4-14)17-7-10-23-11-8-18(17)24-25/h3-6,9,12,23H,2,7-8,10-11,13H2,1H3. The van der Waals surface area contributed by atoms with Gasteiger partial charge in [-0.1, -0.05) is 23.7 Å². The fourth-order valence-corrected chi connectivity index (χ4v) is 3.73. The number of carbonyl (C=O) groups excluding carboxylic acids is 1. The summed E-state index contributed by atoms with van der Waals surface area (Å²) in [7, 11) is 0. The third-order valence-electron chi connectivity index (χ3n) is 4.87. The molecule has 0 atom stereocenters. The van der Waals surface area contributed by atoms with Crippen LogP contribution in [-0.4, -0.2) is 35.4 Å². The van der Waals surface area contributed by atoms with E-state index in [1.165, 1.54) is 11.8 Å². The van der Waals surface area contributed by atoms with Gasteiger partial charge in [-0.15, -0.1) is 0 Å². The van der Waals surface area contributed by atoms with E-state index in [9.17, 15) is 4.79 Å². The van der Waals surface area contributed by atoms with Crippen molar-refractivity contribution < 1.29 is 13.9 Å². The van der Waals surface area contributed by atoms with Gasteiger partial charge >= 0.3 is 5.97 Å². The van der Waals surface area contributed by atoms with Crippen molar-refractivity contribution in [2.45, 2.75) is 26.3 Å². The van der Waals surface area contributed by atoms with Crippen LogP contribution in [0.5, 0.6) is 0 Å². The molecular formula is C21H22ClN3O3. The minimum absolute atomic E-state index is 0.233. The zero-order valence-corrected chi connectivity index (χ0v) is 16.5. The molecule has 0 bridgehead atoms. The van der Waals surface area contributed by atoms with Gasteiger partial charge < -0.3 is 14.5 Å². The number of fused-ring (bicyclic) bond motifs is 1. The van der Waals surface area contributed by atoms with Gasteiger partial charge in [-0.05, 0) is 38.1 Å². The number of carbonyl (C=O) groups is 1. The van der Waals surface area contributed by atoms with Crippen molar-refractivity contribution in [3.8, 4) is 11.3 Å². The molecule has 1 aliphatic heterocycles. The zero-order chi connectivity index (χ0) is 19.5. The minimum atomic E-state index is -0.450. The van der Waals surface area contributed by atoms with Gasteiger partial charge in [0.25, 0.3) is 0 Å². The number of rotatable bonds is 5. The Bertz CT molecular complexity index is 975. The Kier molecular flexibility index (Phi) is 5.50. The first-order chi connectivity index (χ1) is 13.7. The zero-order valence-electron chi connectivity index (χ0n) is 15.7. The summed E-state index contributed by atoms with van der Waals surface area (Å²) in [6.45, 7) is 4.34. The second-order valence-electron chi connectivity index (χ2n) is 6.68. The molecule has 0 spiro atoms. The van der Waals surface area contributed by atoms with Gasteiger partial charge in [0.2, 0.25) is 5.76 Å². The average Bonchev–Trinajstić information content (AvgIpc) is 3.21. The lowest BCUT2D eigenvalue weighted by molar-refractivity contribution is 0.0488. The normalized spacial score (nSPS) is 13.8. The molecule has 0 saturated heterocycles. The molecule has 28 heavy (non-hydrogen) atoms. The van der Waals surface area contributed by atoms with Crippen LogP contribution in [0.2, 0.25) is 5.02 Å². The molecule has 0 fully saturated rings. The van der Waals surface area contributed by atoms with Crippen LogP contribution < -0.4 is 5.32 Å². The number of halogens is 1. The third-order valence-corrected chi connectivity index (χ3v) is 5.12. The number of esters is 1. The molecule has 3 heterocycles. The number of nitrogens with one attached hydrogen (secondary N) is 1. The fraction of sp³-hybridized carbons (Fsp3) is 0.333. The Balaban J connectivity index is 1.76. The Labute approximate surface area is 168 Å². The van der Waals surface area contributed by atoms with E-state index in [4.69, 9.17) is 25.9 Å². The monoisotopic (exact) mass is 399 g/mol. The van der Waals surface area contributed by atoms with Crippen LogP contribution in [0.25, 0.3) is 11.3 Å². The van der Waals surface area contributed by atoms with Gasteiger partial charge in [0.05, 0.1) is 30.8 Å². The first kappa shape index (κ1) is 18.8. The smallest absolute Gasteiger partial charge is 0.374 e. The van der Waals surface area contributed by atoms with Gasteiger partial charge in [-0.3, -0.25) is 4.68 Å². The van der Waals surface area contributed by atoms with Crippen LogP contribution >= 0.6 is 11.6 Å². The molecule has 1 aromatic carbocycles. The molecule has 2 aromatic heterocycles. The summed E-state index contributed by atoms with van der Waals surface area (Å²) in [5.41, 5.74) is 5.21. The van der Waals surface area contributed by atoms with Gasteiger partial charge in [0, 0.05) is 34.7 Å². The van der Waals surface area contributed by atoms with E-state index in [-0.39, 0.29) is 5.76 Å². The molecule has 6 nitrogen and oxygen atoms in total. The Morgan fingerprint density at radius 3 is 2.82 bits per heavy atom. The van der Waals surface area contributed by atoms with Gasteiger partial charge in [-0.25, -0.2) is 4.79 Å². The van der Waals surface area contributed by atoms with E-state index < -0.39 is 5.97 Å². The molecule has 0 saturated carbocycles. The molecule has 7 heteroatoms. The number of hydrogen-bond acceptors (Lipinski definition) is 5. The van der Waals surface area contributed by atoms with E-state index in [0.717, 1.165) is 48.4 Å². The number of benzene rings is 1. The maximum absolute atomic E-state index is 12.2. The lowest BCUT2D eigenvalue weighted by atomic mass is 10.0. The highest BCUT2D eigenvalue weighted by molar-refractivity contribution is 6.30. The molecule has 0 unspecified atom stereocenters. The number of nitrogens with zero attached hydrogens (tertiary/aromatic N) is 2. The van der Waals surface area contributed by atoms with Crippen LogP contribution in [-0.2, 0) is 24.1 Å². The van der Waals surface area contributed by atoms with Gasteiger partial charge in [0.1, 0.15) is 0 Å². The molecule has 0 amide bonds. The van der Waals surface area contributed by atoms with Gasteiger partial charge in [-0.2, -0.15) is 5.10 Å². The van der Waals surface area contributed by atoms with Crippen molar-refractivity contribution in [3.05, 3.63) is 64.2 Å². The van der Waals surface area contributed by atoms with Crippen LogP contribution in [0.4, 0.5) is 0 Å². The predicted molar refractivity (Wildman–Crippen MR) is 107 cm³/mol. The molecule has 146 valence electrons. The number of hydrogen-bond donors (Lipinski definition) is 1. The van der Waals surface area contributed by atoms with Crippen molar-refractivity contribution in [2.75, 3.05) is 19.7 Å². The van der Waals surface area contributed by atoms with Crippen molar-refractivity contribution in [2.24, 2.45) is 0 Å². The number of aromatic nitrogens is 2. The highest BCUT2D eigenvalue weighted by Gasteiger charge is 2.23. The fourth-order valence-electron chi connectivity index (χ4n) is 3.60. The third kappa shape index (κ3) is 3.70. The summed E-state index contributed by atoms with van der Waals surface area (Å²) < 4.78 is 12.5. The first-order valence-corrected chi connectivity index (χ1v) is 9.84. The molecular weight excluding hydrogens is 378 g/mol. The lowest BCUT2D eigenvalue weighted by Crippen LogP contribution is -2.17. The summed E-state index contributed by atoms with van der Waals surface area (Å²) in [4.78, 5) is 12.2. The summed E-state index contributed by atoms with van der Waals surface area (Å²) >= 11 is 6.09. The molecule has 0 radical (unpaired) electrons. The van der Waals surface area contributed by atoms with Crippen molar-refractivity contribution >= 4 is 17.6 Å². The molecule has 3 aromatic rings. The van der Waals surface area contributed by atoms with Crippen molar-refractivity contribution in [1.82, 2.24) is 15.1 Å². The first-order valence-electron chi connectivity index (χ1n) is 9.46. The summed E-state index contributed by atoms with van der Waals surface area (Å²) in [6, 6.07) is 9.59. The minimum Gasteiger partial charge on any atom is -0.460 e. The number of furan rings is 1. The maximum atomic E-state index is 12.2. The summed E-state index contributed by atoms with van der Waals surface area (Å²) in [5.74, 6) is -0.218. The Hall–Kier alpha value is -2.57. The summed E-state index contributed by atoms with van der Waals surface area (Å²) in [5, 5.41) is 9.00. The van der Waals surface area contributed by atoms with E-state index in [2.05, 4.69) is 5.32 Å². The van der Waals surface area contributed by atoms with Crippen molar-refractivity contribution in [1.29, 1.82) is 0 Å². The molecule has 1 N–H and O–H groups in total. The second kappa shape index (κ2) is 8.20. The maximum Gasteiger partial charge on any atom is 0.374 e. The van der Waals surface area contributed by atoms with Crippen LogP contribution in [0, 0.1) is 0 Å². The van der Waals surface area contributed by atoms with Crippen LogP contribution in [0.1, 0.15) is 34.3 Å². The highest BCUT2D eigenvalue weighted by Crippen LogP contribution is 2.30. The highest BCUT2D eigenvalue weighted by atomic mass is 35.5. The van der Waals surface area contributed by atoms with E-state index in [0.29, 0.717) is 18.2 Å². The predicted octanol–water partition coefficient (Wildman–Crippen LogP) is 3.71. The Morgan fingerprint density at radius 1 is 1.25 bits per heavy atom. The van der Waals surface area contributed by atoms with Crippen LogP contribution in [0.3, 0.4) is 0 Å². The topological polar surface area (TPSA) is 69.3 Å². The quantitative estimate of drug-likeness (QED) is 0.662. The van der Waals surface area contributed by atoms with Gasteiger partial charge in [0.15, 0.2) is 0 Å². The van der Waals surface area contributed by atoms with E-state index >= 15 is 0 Å². The molecule has 1 aliphatic rings. The Morgan fingerprint density at radius 2 is 2.04 bits per heavy atom. The summed E-state index contributed by atoms with van der Waals surface area (Å²) in [6.07, 6.45) is 3.30. The van der Waals surface area contributed by atoms with Crippen LogP contribution in [0.15, 0.2) is 41.0 Å². The molecule has 4 rings (SSSR count). The van der Waals surface area contributed by atoms with E-state index in [1.807, 2.05) is 28.9 Å². The average molecular weight is 400 g/mol. The van der Waals surface area contributed by atoms with E-state index in [1.54, 1.807) is 13.0 Å². The SMILES string of the molecule is CCOC(=O)c1occc1Cn1nc2c(c1-c1ccc(Cl)cc1)CCNCC2. The molecule has 0 aliphatic carbocycles. The largest absolute Gasteiger partial charge is 0.460 e. The lowest BCUT2D eigenvalue weighted by Gasteiger charge is -2.11.